The zero-order chi connectivity index (χ0) is 14.9. The highest BCUT2D eigenvalue weighted by Crippen LogP contribution is 2.39. The lowest BCUT2D eigenvalue weighted by Gasteiger charge is -2.40. The highest BCUT2D eigenvalue weighted by molar-refractivity contribution is 5.83. The molecule has 5 atom stereocenters. The van der Waals surface area contributed by atoms with E-state index in [0.717, 1.165) is 31.6 Å². The first-order valence-corrected chi connectivity index (χ1v) is 8.41. The minimum absolute atomic E-state index is 0.0287. The van der Waals surface area contributed by atoms with Crippen LogP contribution in [0.5, 0.6) is 0 Å². The molecule has 0 aromatic heterocycles. The fraction of sp³-hybridized carbons (Fsp3) is 0.941. The maximum absolute atomic E-state index is 12.7. The van der Waals surface area contributed by atoms with Crippen LogP contribution in [0.3, 0.4) is 0 Å². The fourth-order valence-electron chi connectivity index (χ4n) is 4.18. The van der Waals surface area contributed by atoms with E-state index in [1.165, 1.54) is 12.8 Å². The summed E-state index contributed by atoms with van der Waals surface area (Å²) in [7, 11) is 0. The molecule has 0 aliphatic heterocycles. The Hall–Kier alpha value is -0.570. The van der Waals surface area contributed by atoms with E-state index in [1.807, 2.05) is 0 Å². The molecule has 3 heteroatoms. The van der Waals surface area contributed by atoms with Gasteiger partial charge in [-0.15, -0.1) is 0 Å². The van der Waals surface area contributed by atoms with Crippen LogP contribution in [0.1, 0.15) is 66.2 Å². The third-order valence-electron chi connectivity index (χ3n) is 5.89. The number of carbonyl (C=O) groups is 1. The summed E-state index contributed by atoms with van der Waals surface area (Å²) in [6.45, 7) is 8.92. The van der Waals surface area contributed by atoms with Crippen molar-refractivity contribution in [2.75, 3.05) is 0 Å². The van der Waals surface area contributed by atoms with Gasteiger partial charge < -0.3 is 11.1 Å². The molecular formula is C17H32N2O. The number of hydrogen-bond donors (Lipinski definition) is 2. The van der Waals surface area contributed by atoms with Gasteiger partial charge in [-0.3, -0.25) is 4.79 Å². The molecule has 2 saturated carbocycles. The van der Waals surface area contributed by atoms with Gasteiger partial charge in [0.1, 0.15) is 0 Å². The Labute approximate surface area is 124 Å². The van der Waals surface area contributed by atoms with Crippen LogP contribution in [-0.2, 0) is 4.79 Å². The summed E-state index contributed by atoms with van der Waals surface area (Å²) in [6, 6.07) is 0.372. The largest absolute Gasteiger partial charge is 0.353 e. The number of nitrogens with one attached hydrogen (secondary N) is 1. The van der Waals surface area contributed by atoms with Crippen LogP contribution in [0.2, 0.25) is 0 Å². The Morgan fingerprint density at radius 3 is 2.55 bits per heavy atom. The lowest BCUT2D eigenvalue weighted by molar-refractivity contribution is -0.132. The zero-order valence-electron chi connectivity index (χ0n) is 13.6. The van der Waals surface area contributed by atoms with E-state index in [1.54, 1.807) is 0 Å². The van der Waals surface area contributed by atoms with Crippen LogP contribution in [0.25, 0.3) is 0 Å². The van der Waals surface area contributed by atoms with Crippen molar-refractivity contribution in [1.29, 1.82) is 0 Å². The first kappa shape index (κ1) is 15.8. The van der Waals surface area contributed by atoms with Gasteiger partial charge in [-0.05, 0) is 50.4 Å². The number of amides is 1. The van der Waals surface area contributed by atoms with E-state index >= 15 is 0 Å². The van der Waals surface area contributed by atoms with E-state index in [4.69, 9.17) is 5.73 Å². The van der Waals surface area contributed by atoms with Crippen LogP contribution >= 0.6 is 0 Å². The topological polar surface area (TPSA) is 55.1 Å². The van der Waals surface area contributed by atoms with Crippen molar-refractivity contribution in [3.8, 4) is 0 Å². The molecule has 0 aromatic rings. The second-order valence-electron chi connectivity index (χ2n) is 7.82. The van der Waals surface area contributed by atoms with Gasteiger partial charge >= 0.3 is 0 Å². The molecule has 0 radical (unpaired) electrons. The van der Waals surface area contributed by atoms with E-state index in [0.29, 0.717) is 17.9 Å². The van der Waals surface area contributed by atoms with Gasteiger partial charge in [0.2, 0.25) is 5.91 Å². The molecule has 20 heavy (non-hydrogen) atoms. The highest BCUT2D eigenvalue weighted by Gasteiger charge is 2.44. The Balaban J connectivity index is 2.04. The molecule has 0 bridgehead atoms. The first-order valence-electron chi connectivity index (χ1n) is 8.41. The molecule has 3 nitrogen and oxygen atoms in total. The van der Waals surface area contributed by atoms with E-state index < -0.39 is 0 Å². The molecule has 2 aliphatic carbocycles. The lowest BCUT2D eigenvalue weighted by atomic mass is 9.73. The standard InChI is InChI=1S/C17H32N2O/c1-11(2)13-8-7-12(3)10-14(13)19-16(20)17(4)9-5-6-15(17)18/h11-15H,5-10,18H2,1-4H3,(H,19,20). The smallest absolute Gasteiger partial charge is 0.227 e. The molecule has 0 aromatic carbocycles. The molecule has 2 fully saturated rings. The normalized spacial score (nSPS) is 41.9. The molecule has 0 spiro atoms. The first-order chi connectivity index (χ1) is 9.34. The molecular weight excluding hydrogens is 248 g/mol. The van der Waals surface area contributed by atoms with Crippen molar-refractivity contribution < 1.29 is 4.79 Å². The lowest BCUT2D eigenvalue weighted by Crippen LogP contribution is -2.53. The predicted molar refractivity (Wildman–Crippen MR) is 83.2 cm³/mol. The highest BCUT2D eigenvalue weighted by atomic mass is 16.2. The maximum Gasteiger partial charge on any atom is 0.227 e. The summed E-state index contributed by atoms with van der Waals surface area (Å²) in [4.78, 5) is 12.7. The SMILES string of the molecule is CC1CCC(C(C)C)C(NC(=O)C2(C)CCCC2N)C1. The van der Waals surface area contributed by atoms with Crippen molar-refractivity contribution >= 4 is 5.91 Å². The van der Waals surface area contributed by atoms with Crippen LogP contribution in [0, 0.1) is 23.2 Å². The molecule has 3 N–H and O–H groups in total. The van der Waals surface area contributed by atoms with Crippen LogP contribution in [-0.4, -0.2) is 18.0 Å². The molecule has 1 amide bonds. The number of carbonyl (C=O) groups excluding carboxylic acids is 1. The second kappa shape index (κ2) is 6.05. The molecule has 5 unspecified atom stereocenters. The summed E-state index contributed by atoms with van der Waals surface area (Å²) in [5.41, 5.74) is 5.84. The average Bonchev–Trinajstić information content (AvgIpc) is 2.70. The average molecular weight is 280 g/mol. The molecule has 2 rings (SSSR count). The van der Waals surface area contributed by atoms with Gasteiger partial charge in [0.15, 0.2) is 0 Å². The van der Waals surface area contributed by atoms with Crippen LogP contribution < -0.4 is 11.1 Å². The quantitative estimate of drug-likeness (QED) is 0.834. The van der Waals surface area contributed by atoms with Gasteiger partial charge in [0, 0.05) is 12.1 Å². The minimum Gasteiger partial charge on any atom is -0.353 e. The molecule has 0 heterocycles. The van der Waals surface area contributed by atoms with Crippen molar-refractivity contribution in [3.05, 3.63) is 0 Å². The number of nitrogens with two attached hydrogens (primary N) is 1. The zero-order valence-corrected chi connectivity index (χ0v) is 13.6. The van der Waals surface area contributed by atoms with Gasteiger partial charge in [-0.1, -0.05) is 33.6 Å². The van der Waals surface area contributed by atoms with Crippen molar-refractivity contribution in [2.24, 2.45) is 28.9 Å². The molecule has 2 aliphatic rings. The third kappa shape index (κ3) is 3.03. The summed E-state index contributed by atoms with van der Waals surface area (Å²) in [6.07, 6.45) is 6.67. The van der Waals surface area contributed by atoms with Gasteiger partial charge in [0.25, 0.3) is 0 Å². The predicted octanol–water partition coefficient (Wildman–Crippen LogP) is 3.08. The van der Waals surface area contributed by atoms with Gasteiger partial charge in [-0.2, -0.15) is 0 Å². The van der Waals surface area contributed by atoms with Crippen LogP contribution in [0.15, 0.2) is 0 Å². The monoisotopic (exact) mass is 280 g/mol. The van der Waals surface area contributed by atoms with Gasteiger partial charge in [0.05, 0.1) is 5.41 Å². The minimum atomic E-state index is -0.345. The van der Waals surface area contributed by atoms with Crippen LogP contribution in [0.4, 0.5) is 0 Å². The Morgan fingerprint density at radius 2 is 2.00 bits per heavy atom. The van der Waals surface area contributed by atoms with E-state index in [2.05, 4.69) is 33.0 Å². The summed E-state index contributed by atoms with van der Waals surface area (Å²) >= 11 is 0. The van der Waals surface area contributed by atoms with E-state index in [-0.39, 0.29) is 17.4 Å². The molecule has 0 saturated heterocycles. The second-order valence-corrected chi connectivity index (χ2v) is 7.82. The summed E-state index contributed by atoms with van der Waals surface area (Å²) < 4.78 is 0. The van der Waals surface area contributed by atoms with Crippen molar-refractivity contribution in [3.63, 3.8) is 0 Å². The van der Waals surface area contributed by atoms with E-state index in [9.17, 15) is 4.79 Å². The Bertz CT molecular complexity index is 355. The summed E-state index contributed by atoms with van der Waals surface area (Å²) in [5.74, 6) is 2.18. The maximum atomic E-state index is 12.7. The Kier molecular flexibility index (Phi) is 4.78. The third-order valence-corrected chi connectivity index (χ3v) is 5.89. The van der Waals surface area contributed by atoms with Crippen molar-refractivity contribution in [1.82, 2.24) is 5.32 Å². The fourth-order valence-corrected chi connectivity index (χ4v) is 4.18. The Morgan fingerprint density at radius 1 is 1.30 bits per heavy atom. The summed E-state index contributed by atoms with van der Waals surface area (Å²) in [5, 5.41) is 3.37. The number of hydrogen-bond acceptors (Lipinski definition) is 2. The molecule has 116 valence electrons. The number of rotatable bonds is 3. The van der Waals surface area contributed by atoms with Crippen molar-refractivity contribution in [2.45, 2.75) is 78.3 Å². The van der Waals surface area contributed by atoms with Gasteiger partial charge in [-0.25, -0.2) is 0 Å².